The van der Waals surface area contributed by atoms with E-state index in [-0.39, 0.29) is 4.85 Å². The van der Waals surface area contributed by atoms with Gasteiger partial charge in [0.25, 0.3) is 0 Å². The smallest absolute Gasteiger partial charge is 0.175 e. The molecule has 0 amide bonds. The molecule has 0 aromatic rings. The van der Waals surface area contributed by atoms with E-state index < -0.39 is 17.8 Å². The van der Waals surface area contributed by atoms with Crippen molar-refractivity contribution < 1.29 is 8.85 Å². The van der Waals surface area contributed by atoms with Crippen molar-refractivity contribution in [1.82, 2.24) is 0 Å². The molecular weight excluding hydrogens is 296 g/mol. The molecule has 1 saturated heterocycles. The average Bonchev–Trinajstić information content (AvgIpc) is 2.44. The van der Waals surface area contributed by atoms with Gasteiger partial charge in [-0.2, -0.15) is 0 Å². The first-order chi connectivity index (χ1) is 9.58. The van der Waals surface area contributed by atoms with Gasteiger partial charge < -0.3 is 8.85 Å². The summed E-state index contributed by atoms with van der Waals surface area (Å²) in [5, 5.41) is 0. The Hall–Kier alpha value is 0.571. The Kier molecular flexibility index (Phi) is 8.90. The minimum Gasteiger partial charge on any atom is -0.466 e. The number of unbranched alkanes of at least 4 members (excludes halogenated alkanes) is 5. The zero-order chi connectivity index (χ0) is 14.9. The third-order valence-electron chi connectivity index (χ3n) is 5.12. The van der Waals surface area contributed by atoms with Crippen molar-refractivity contribution in [3.63, 3.8) is 0 Å². The van der Waals surface area contributed by atoms with E-state index in [0.717, 1.165) is 17.1 Å². The average molecular weight is 333 g/mol. The van der Waals surface area contributed by atoms with E-state index in [1.165, 1.54) is 63.8 Å². The van der Waals surface area contributed by atoms with Crippen LogP contribution in [0.25, 0.3) is 0 Å². The van der Waals surface area contributed by atoms with Crippen molar-refractivity contribution in [2.24, 2.45) is 0 Å². The molecule has 1 aliphatic rings. The van der Waals surface area contributed by atoms with Gasteiger partial charge in [0.2, 0.25) is 0 Å². The molecular formula is C15H36O2Si3. The fourth-order valence-electron chi connectivity index (χ4n) is 3.50. The van der Waals surface area contributed by atoms with Crippen LogP contribution >= 0.6 is 0 Å². The molecule has 1 atom stereocenters. The van der Waals surface area contributed by atoms with E-state index in [2.05, 4.69) is 20.0 Å². The maximum Gasteiger partial charge on any atom is 0.175 e. The van der Waals surface area contributed by atoms with E-state index in [1.807, 2.05) is 0 Å². The van der Waals surface area contributed by atoms with Crippen molar-refractivity contribution in [2.75, 3.05) is 6.61 Å². The van der Waals surface area contributed by atoms with Gasteiger partial charge >= 0.3 is 0 Å². The van der Waals surface area contributed by atoms with Crippen molar-refractivity contribution in [3.8, 4) is 0 Å². The molecule has 2 nitrogen and oxygen atoms in total. The number of rotatable bonds is 10. The summed E-state index contributed by atoms with van der Waals surface area (Å²) >= 11 is 0. The molecule has 1 heterocycles. The molecule has 20 heavy (non-hydrogen) atoms. The molecule has 0 bridgehead atoms. The number of hydrogen-bond acceptors (Lipinski definition) is 2. The van der Waals surface area contributed by atoms with Crippen molar-refractivity contribution in [2.45, 2.75) is 88.7 Å². The van der Waals surface area contributed by atoms with Crippen LogP contribution in [0.15, 0.2) is 0 Å². The maximum absolute atomic E-state index is 6.39. The van der Waals surface area contributed by atoms with E-state index in [0.29, 0.717) is 0 Å². The zero-order valence-corrected chi connectivity index (χ0v) is 18.7. The lowest BCUT2D eigenvalue weighted by molar-refractivity contribution is 0.0220. The molecule has 0 N–H and O–H groups in total. The van der Waals surface area contributed by atoms with Gasteiger partial charge in [-0.05, 0) is 19.3 Å². The summed E-state index contributed by atoms with van der Waals surface area (Å²) in [7, 11) is -0.887. The van der Waals surface area contributed by atoms with Gasteiger partial charge in [0.05, 0.1) is 12.9 Å². The largest absolute Gasteiger partial charge is 0.466 e. The fraction of sp³-hybridized carbons (Fsp3) is 1.00. The third kappa shape index (κ3) is 5.40. The zero-order valence-electron chi connectivity index (χ0n) is 14.3. The standard InChI is InChI=1S/C15H36O2Si3/c1-4-5-6-7-8-11-14-20(2,3)15(19-17-18)12-9-10-13-16-15/h4-14,19H2,1-3,18H3. The highest BCUT2D eigenvalue weighted by molar-refractivity contribution is 6.87. The highest BCUT2D eigenvalue weighted by Crippen LogP contribution is 2.36. The first kappa shape index (κ1) is 18.6. The first-order valence-corrected chi connectivity index (χ1v) is 14.0. The molecule has 1 rings (SSSR count). The molecule has 0 aliphatic carbocycles. The number of hydrogen-bond donors (Lipinski definition) is 0. The lowest BCUT2D eigenvalue weighted by Gasteiger charge is -2.47. The van der Waals surface area contributed by atoms with Gasteiger partial charge in [0.15, 0.2) is 9.76 Å². The van der Waals surface area contributed by atoms with Gasteiger partial charge in [-0.3, -0.25) is 0 Å². The topological polar surface area (TPSA) is 18.5 Å². The van der Waals surface area contributed by atoms with Crippen LogP contribution < -0.4 is 0 Å². The van der Waals surface area contributed by atoms with Crippen molar-refractivity contribution in [1.29, 1.82) is 0 Å². The van der Waals surface area contributed by atoms with Crippen LogP contribution in [0.2, 0.25) is 19.1 Å². The van der Waals surface area contributed by atoms with Gasteiger partial charge in [-0.1, -0.05) is 64.6 Å². The molecule has 120 valence electrons. The van der Waals surface area contributed by atoms with Gasteiger partial charge in [0.1, 0.15) is 10.5 Å². The molecule has 1 unspecified atom stereocenters. The Morgan fingerprint density at radius 1 is 1.15 bits per heavy atom. The maximum atomic E-state index is 6.39. The lowest BCUT2D eigenvalue weighted by Crippen LogP contribution is -2.62. The van der Waals surface area contributed by atoms with Crippen LogP contribution in [0.5, 0.6) is 0 Å². The minimum atomic E-state index is -1.31. The Balaban J connectivity index is 2.42. The SMILES string of the molecule is CCCCCCCC[Si](C)(C)C1([SiH2]O[SiH3])CCCCO1. The van der Waals surface area contributed by atoms with E-state index >= 15 is 0 Å². The first-order valence-electron chi connectivity index (χ1n) is 8.71. The Morgan fingerprint density at radius 3 is 2.45 bits per heavy atom. The summed E-state index contributed by atoms with van der Waals surface area (Å²) in [5.41, 5.74) is 0. The Labute approximate surface area is 132 Å². The van der Waals surface area contributed by atoms with E-state index in [1.54, 1.807) is 0 Å². The second-order valence-electron chi connectivity index (χ2n) is 7.13. The summed E-state index contributed by atoms with van der Waals surface area (Å²) in [6.07, 6.45) is 12.4. The number of ether oxygens (including phenoxy) is 1. The predicted octanol–water partition coefficient (Wildman–Crippen LogP) is 2.87. The second kappa shape index (κ2) is 9.56. The summed E-state index contributed by atoms with van der Waals surface area (Å²) < 4.78 is 12.2. The Bertz CT molecular complexity index is 248. The normalized spacial score (nSPS) is 24.8. The summed E-state index contributed by atoms with van der Waals surface area (Å²) in [6, 6.07) is 1.44. The van der Waals surface area contributed by atoms with Crippen LogP contribution in [-0.2, 0) is 8.85 Å². The summed E-state index contributed by atoms with van der Waals surface area (Å²) in [6.45, 7) is 8.42. The molecule has 1 aliphatic heterocycles. The van der Waals surface area contributed by atoms with Crippen LogP contribution in [0.4, 0.5) is 0 Å². The van der Waals surface area contributed by atoms with Gasteiger partial charge in [-0.25, -0.2) is 0 Å². The molecule has 1 fully saturated rings. The molecule has 5 heteroatoms. The molecule has 0 saturated carbocycles. The second-order valence-corrected chi connectivity index (χ2v) is 16.8. The predicted molar refractivity (Wildman–Crippen MR) is 97.8 cm³/mol. The van der Waals surface area contributed by atoms with E-state index in [9.17, 15) is 0 Å². The molecule has 0 aromatic heterocycles. The lowest BCUT2D eigenvalue weighted by atomic mass is 10.1. The van der Waals surface area contributed by atoms with Crippen LogP contribution in [0, 0.1) is 0 Å². The fourth-order valence-corrected chi connectivity index (χ4v) is 12.3. The van der Waals surface area contributed by atoms with Crippen molar-refractivity contribution in [3.05, 3.63) is 0 Å². The highest BCUT2D eigenvalue weighted by Gasteiger charge is 2.48. The van der Waals surface area contributed by atoms with Gasteiger partial charge in [0, 0.05) is 6.61 Å². The molecule has 0 spiro atoms. The van der Waals surface area contributed by atoms with Crippen molar-refractivity contribution >= 4 is 28.3 Å². The molecule has 0 radical (unpaired) electrons. The highest BCUT2D eigenvalue weighted by atomic mass is 28.4. The summed E-state index contributed by atoms with van der Waals surface area (Å²) in [5.74, 6) is 0. The minimum absolute atomic E-state index is 0.260. The van der Waals surface area contributed by atoms with Gasteiger partial charge in [-0.15, -0.1) is 0 Å². The summed E-state index contributed by atoms with van der Waals surface area (Å²) in [4.78, 5) is 0.260. The molecule has 0 aromatic carbocycles. The van der Waals surface area contributed by atoms with Crippen LogP contribution in [0.3, 0.4) is 0 Å². The Morgan fingerprint density at radius 2 is 1.85 bits per heavy atom. The quantitative estimate of drug-likeness (QED) is 0.452. The van der Waals surface area contributed by atoms with Crippen LogP contribution in [-0.4, -0.2) is 39.8 Å². The monoisotopic (exact) mass is 332 g/mol. The van der Waals surface area contributed by atoms with E-state index in [4.69, 9.17) is 8.85 Å². The van der Waals surface area contributed by atoms with Crippen LogP contribution in [0.1, 0.15) is 64.7 Å². The third-order valence-corrected chi connectivity index (χ3v) is 15.1.